The van der Waals surface area contributed by atoms with Crippen LogP contribution in [-0.2, 0) is 4.79 Å². The van der Waals surface area contributed by atoms with Crippen LogP contribution >= 0.6 is 15.9 Å². The Morgan fingerprint density at radius 1 is 1.23 bits per heavy atom. The van der Waals surface area contributed by atoms with Gasteiger partial charge in [-0.15, -0.1) is 0 Å². The van der Waals surface area contributed by atoms with Crippen LogP contribution in [0.1, 0.15) is 44.0 Å². The first-order valence-corrected chi connectivity index (χ1v) is 8.42. The molecule has 120 valence electrons. The van der Waals surface area contributed by atoms with Gasteiger partial charge in [-0.2, -0.15) is 0 Å². The average Bonchev–Trinajstić information content (AvgIpc) is 2.46. The van der Waals surface area contributed by atoms with Crippen molar-refractivity contribution in [2.24, 2.45) is 5.41 Å². The van der Waals surface area contributed by atoms with Gasteiger partial charge < -0.3 is 10.2 Å². The van der Waals surface area contributed by atoms with E-state index in [-0.39, 0.29) is 23.3 Å². The van der Waals surface area contributed by atoms with Crippen molar-refractivity contribution < 1.29 is 9.59 Å². The molecule has 1 heterocycles. The number of carbonyl (C=O) groups is 2. The molecule has 2 amide bonds. The van der Waals surface area contributed by atoms with E-state index < -0.39 is 0 Å². The molecule has 1 saturated heterocycles. The van der Waals surface area contributed by atoms with Crippen LogP contribution in [0.2, 0.25) is 0 Å². The first-order chi connectivity index (χ1) is 10.3. The normalized spacial score (nSPS) is 16.5. The molecule has 0 bridgehead atoms. The second-order valence-electron chi connectivity index (χ2n) is 6.80. The second-order valence-corrected chi connectivity index (χ2v) is 7.72. The number of benzene rings is 1. The van der Waals surface area contributed by atoms with Crippen LogP contribution in [0.5, 0.6) is 0 Å². The van der Waals surface area contributed by atoms with Crippen LogP contribution in [0.4, 0.5) is 0 Å². The highest BCUT2D eigenvalue weighted by molar-refractivity contribution is 9.10. The van der Waals surface area contributed by atoms with Crippen LogP contribution in [-0.4, -0.2) is 35.8 Å². The van der Waals surface area contributed by atoms with E-state index in [2.05, 4.69) is 21.2 Å². The largest absolute Gasteiger partial charge is 0.353 e. The maximum absolute atomic E-state index is 12.5. The Kier molecular flexibility index (Phi) is 5.27. The Bertz CT molecular complexity index is 558. The second kappa shape index (κ2) is 6.82. The summed E-state index contributed by atoms with van der Waals surface area (Å²) in [6.07, 6.45) is 1.61. The Morgan fingerprint density at radius 2 is 1.86 bits per heavy atom. The molecule has 0 aromatic heterocycles. The highest BCUT2D eigenvalue weighted by Gasteiger charge is 2.28. The number of nitrogens with zero attached hydrogens (tertiary/aromatic N) is 1. The number of carbonyl (C=O) groups excluding carboxylic acids is 2. The molecule has 0 radical (unpaired) electrons. The molecule has 1 aliphatic rings. The van der Waals surface area contributed by atoms with Gasteiger partial charge in [0.2, 0.25) is 5.91 Å². The van der Waals surface area contributed by atoms with Gasteiger partial charge in [0, 0.05) is 34.6 Å². The lowest BCUT2D eigenvalue weighted by Crippen LogP contribution is -2.49. The van der Waals surface area contributed by atoms with Crippen molar-refractivity contribution in [1.82, 2.24) is 10.2 Å². The summed E-state index contributed by atoms with van der Waals surface area (Å²) in [4.78, 5) is 26.3. The molecule has 1 aromatic carbocycles. The highest BCUT2D eigenvalue weighted by Crippen LogP contribution is 2.19. The number of hydrogen-bond donors (Lipinski definition) is 1. The monoisotopic (exact) mass is 366 g/mol. The number of amides is 2. The molecule has 1 aromatic rings. The summed E-state index contributed by atoms with van der Waals surface area (Å²) >= 11 is 3.39. The van der Waals surface area contributed by atoms with Crippen molar-refractivity contribution in [1.29, 1.82) is 0 Å². The molecule has 2 rings (SSSR count). The molecular weight excluding hydrogens is 344 g/mol. The van der Waals surface area contributed by atoms with Crippen molar-refractivity contribution >= 4 is 27.7 Å². The van der Waals surface area contributed by atoms with Gasteiger partial charge in [-0.05, 0) is 31.0 Å². The van der Waals surface area contributed by atoms with E-state index in [1.165, 1.54) is 0 Å². The van der Waals surface area contributed by atoms with Gasteiger partial charge in [0.25, 0.3) is 5.91 Å². The minimum atomic E-state index is -0.372. The number of rotatable bonds is 2. The minimum Gasteiger partial charge on any atom is -0.353 e. The molecule has 0 aliphatic carbocycles. The van der Waals surface area contributed by atoms with Crippen LogP contribution in [0.25, 0.3) is 0 Å². The van der Waals surface area contributed by atoms with E-state index in [0.29, 0.717) is 18.7 Å². The van der Waals surface area contributed by atoms with E-state index in [0.717, 1.165) is 17.3 Å². The predicted octanol–water partition coefficient (Wildman–Crippen LogP) is 3.22. The van der Waals surface area contributed by atoms with E-state index in [1.807, 2.05) is 49.9 Å². The zero-order chi connectivity index (χ0) is 16.3. The van der Waals surface area contributed by atoms with Gasteiger partial charge >= 0.3 is 0 Å². The lowest BCUT2D eigenvalue weighted by atomic mass is 9.94. The van der Waals surface area contributed by atoms with E-state index in [1.54, 1.807) is 0 Å². The van der Waals surface area contributed by atoms with E-state index in [4.69, 9.17) is 0 Å². The third-order valence-electron chi connectivity index (χ3n) is 3.87. The van der Waals surface area contributed by atoms with Crippen LogP contribution < -0.4 is 5.32 Å². The van der Waals surface area contributed by atoms with Gasteiger partial charge in [0.15, 0.2) is 0 Å². The van der Waals surface area contributed by atoms with Crippen molar-refractivity contribution in [3.05, 3.63) is 34.3 Å². The third kappa shape index (κ3) is 4.32. The lowest BCUT2D eigenvalue weighted by molar-refractivity contribution is -0.129. The number of hydrogen-bond acceptors (Lipinski definition) is 2. The average molecular weight is 367 g/mol. The van der Waals surface area contributed by atoms with Gasteiger partial charge in [-0.25, -0.2) is 0 Å². The summed E-state index contributed by atoms with van der Waals surface area (Å²) in [5, 5.41) is 3.08. The Labute approximate surface area is 140 Å². The molecule has 1 fully saturated rings. The van der Waals surface area contributed by atoms with Crippen molar-refractivity contribution in [3.63, 3.8) is 0 Å². The summed E-state index contributed by atoms with van der Waals surface area (Å²) in [6, 6.07) is 7.62. The summed E-state index contributed by atoms with van der Waals surface area (Å²) < 4.78 is 0.908. The number of halogens is 1. The van der Waals surface area contributed by atoms with Gasteiger partial charge in [-0.3, -0.25) is 9.59 Å². The van der Waals surface area contributed by atoms with E-state index >= 15 is 0 Å². The molecule has 0 atom stereocenters. The van der Waals surface area contributed by atoms with Gasteiger partial charge in [-0.1, -0.05) is 42.8 Å². The Hall–Kier alpha value is -1.36. The molecule has 4 nitrogen and oxygen atoms in total. The SMILES string of the molecule is CC(C)(C)C(=O)NC1CCN(C(=O)c2cccc(Br)c2)CC1. The summed E-state index contributed by atoms with van der Waals surface area (Å²) in [6.45, 7) is 7.09. The Balaban J connectivity index is 1.89. The lowest BCUT2D eigenvalue weighted by Gasteiger charge is -2.33. The van der Waals surface area contributed by atoms with Crippen LogP contribution in [0.3, 0.4) is 0 Å². The summed E-state index contributed by atoms with van der Waals surface area (Å²) in [7, 11) is 0. The Morgan fingerprint density at radius 3 is 2.41 bits per heavy atom. The molecule has 0 unspecified atom stereocenters. The molecule has 5 heteroatoms. The molecule has 1 aliphatic heterocycles. The van der Waals surface area contributed by atoms with Crippen LogP contribution in [0.15, 0.2) is 28.7 Å². The first-order valence-electron chi connectivity index (χ1n) is 7.63. The van der Waals surface area contributed by atoms with Crippen molar-refractivity contribution in [2.75, 3.05) is 13.1 Å². The highest BCUT2D eigenvalue weighted by atomic mass is 79.9. The maximum Gasteiger partial charge on any atom is 0.253 e. The number of piperidine rings is 1. The molecular formula is C17H23BrN2O2. The number of likely N-dealkylation sites (tertiary alicyclic amines) is 1. The van der Waals surface area contributed by atoms with Gasteiger partial charge in [0.1, 0.15) is 0 Å². The van der Waals surface area contributed by atoms with E-state index in [9.17, 15) is 9.59 Å². The van der Waals surface area contributed by atoms with Crippen molar-refractivity contribution in [3.8, 4) is 0 Å². The molecule has 22 heavy (non-hydrogen) atoms. The topological polar surface area (TPSA) is 49.4 Å². The standard InChI is InChI=1S/C17H23BrN2O2/c1-17(2,3)16(22)19-14-7-9-20(10-8-14)15(21)12-5-4-6-13(18)11-12/h4-6,11,14H,7-10H2,1-3H3,(H,19,22). The molecule has 1 N–H and O–H groups in total. The third-order valence-corrected chi connectivity index (χ3v) is 4.36. The zero-order valence-electron chi connectivity index (χ0n) is 13.4. The van der Waals surface area contributed by atoms with Crippen molar-refractivity contribution in [2.45, 2.75) is 39.7 Å². The smallest absolute Gasteiger partial charge is 0.253 e. The maximum atomic E-state index is 12.5. The fourth-order valence-electron chi connectivity index (χ4n) is 2.43. The number of nitrogens with one attached hydrogen (secondary N) is 1. The molecule has 0 saturated carbocycles. The quantitative estimate of drug-likeness (QED) is 0.873. The predicted molar refractivity (Wildman–Crippen MR) is 90.7 cm³/mol. The zero-order valence-corrected chi connectivity index (χ0v) is 14.9. The fourth-order valence-corrected chi connectivity index (χ4v) is 2.83. The fraction of sp³-hybridized carbons (Fsp3) is 0.529. The van der Waals surface area contributed by atoms with Gasteiger partial charge in [0.05, 0.1) is 0 Å². The summed E-state index contributed by atoms with van der Waals surface area (Å²) in [5.74, 6) is 0.131. The molecule has 0 spiro atoms. The van der Waals surface area contributed by atoms with Crippen LogP contribution in [0, 0.1) is 5.41 Å². The summed E-state index contributed by atoms with van der Waals surface area (Å²) in [5.41, 5.74) is 0.329. The first kappa shape index (κ1) is 17.0. The minimum absolute atomic E-state index is 0.0573.